The van der Waals surface area contributed by atoms with Crippen LogP contribution in [0.4, 0.5) is 4.79 Å². The van der Waals surface area contributed by atoms with Crippen LogP contribution in [0.5, 0.6) is 0 Å². The first kappa shape index (κ1) is 33.8. The van der Waals surface area contributed by atoms with E-state index in [-0.39, 0.29) is 18.4 Å². The molecule has 45 heavy (non-hydrogen) atoms. The van der Waals surface area contributed by atoms with E-state index in [1.165, 1.54) is 16.0 Å². The van der Waals surface area contributed by atoms with Crippen molar-refractivity contribution in [1.82, 2.24) is 20.0 Å². The van der Waals surface area contributed by atoms with E-state index >= 15 is 0 Å². The van der Waals surface area contributed by atoms with Crippen LogP contribution in [0, 0.1) is 5.92 Å². The number of rotatable bonds is 11. The smallest absolute Gasteiger partial charge is 0.408 e. The molecule has 2 heterocycles. The van der Waals surface area contributed by atoms with Crippen LogP contribution >= 0.6 is 39.3 Å². The number of carbonyl (C=O) groups excluding carboxylic acids is 2. The Morgan fingerprint density at radius 2 is 1.64 bits per heavy atom. The molecular weight excluding hydrogens is 672 g/mol. The summed E-state index contributed by atoms with van der Waals surface area (Å²) in [7, 11) is 0. The molecule has 10 heteroatoms. The molecule has 5 rings (SSSR count). The number of hydrogen-bond donors (Lipinski definition) is 1. The fraction of sp³-hybridized carbons (Fsp3) is 0.429. The Balaban J connectivity index is 1.18. The molecule has 0 aliphatic carbocycles. The molecule has 240 valence electrons. The number of ether oxygens (including phenoxy) is 1. The number of halogens is 2. The minimum atomic E-state index is -0.610. The van der Waals surface area contributed by atoms with E-state index < -0.39 is 12.1 Å². The van der Waals surface area contributed by atoms with Crippen LogP contribution in [0.15, 0.2) is 82.2 Å². The highest BCUT2D eigenvalue weighted by Gasteiger charge is 2.36. The second-order valence-electron chi connectivity index (χ2n) is 11.8. The largest absolute Gasteiger partial charge is 0.445 e. The van der Waals surface area contributed by atoms with Crippen molar-refractivity contribution in [2.24, 2.45) is 5.92 Å². The van der Waals surface area contributed by atoms with E-state index in [9.17, 15) is 9.59 Å². The standard InChI is InChI=1S/C35H42BrClN4O3S/c1-45-32-10-6-5-9-29(32)24-40-19-21-41(22-20-40)34(42)33(38-35(43)44-25-26-7-3-2-4-8-26)27-13-16-39(17-14-27)18-15-28-23-30(37)11-12-31(28)36/h2-12,23,27,33H,13-22,24-25H2,1H3,(H,38,43)/t33-/m1/s1. The molecule has 0 spiro atoms. The van der Waals surface area contributed by atoms with Gasteiger partial charge in [-0.2, -0.15) is 0 Å². The van der Waals surface area contributed by atoms with Gasteiger partial charge in [-0.15, -0.1) is 11.8 Å². The van der Waals surface area contributed by atoms with Crippen LogP contribution in [0.1, 0.15) is 29.5 Å². The summed E-state index contributed by atoms with van der Waals surface area (Å²) in [5.74, 6) is 0.0412. The van der Waals surface area contributed by atoms with Crippen molar-refractivity contribution in [2.75, 3.05) is 52.1 Å². The monoisotopic (exact) mass is 712 g/mol. The van der Waals surface area contributed by atoms with Gasteiger partial charge in [0.1, 0.15) is 12.6 Å². The minimum Gasteiger partial charge on any atom is -0.445 e. The summed E-state index contributed by atoms with van der Waals surface area (Å²) < 4.78 is 6.63. The lowest BCUT2D eigenvalue weighted by atomic mass is 9.88. The maximum atomic E-state index is 14.0. The van der Waals surface area contributed by atoms with E-state index in [1.54, 1.807) is 11.8 Å². The molecule has 7 nitrogen and oxygen atoms in total. The Morgan fingerprint density at radius 1 is 0.933 bits per heavy atom. The normalized spacial score (nSPS) is 17.2. The van der Waals surface area contributed by atoms with Gasteiger partial charge in [-0.25, -0.2) is 4.79 Å². The summed E-state index contributed by atoms with van der Waals surface area (Å²) in [6.07, 6.45) is 4.12. The average Bonchev–Trinajstić information content (AvgIpc) is 3.08. The Labute approximate surface area is 284 Å². The Bertz CT molecular complexity index is 1420. The predicted molar refractivity (Wildman–Crippen MR) is 186 cm³/mol. The number of piperidine rings is 1. The van der Waals surface area contributed by atoms with Crippen LogP contribution in [0.25, 0.3) is 0 Å². The van der Waals surface area contributed by atoms with Gasteiger partial charge in [0, 0.05) is 53.7 Å². The van der Waals surface area contributed by atoms with Gasteiger partial charge in [0.15, 0.2) is 0 Å². The third-order valence-corrected chi connectivity index (χ3v) is 10.7. The van der Waals surface area contributed by atoms with Crippen molar-refractivity contribution in [3.63, 3.8) is 0 Å². The zero-order chi connectivity index (χ0) is 31.6. The van der Waals surface area contributed by atoms with Gasteiger partial charge in [-0.1, -0.05) is 76.1 Å². The van der Waals surface area contributed by atoms with Crippen LogP contribution in [0.2, 0.25) is 5.02 Å². The van der Waals surface area contributed by atoms with Gasteiger partial charge in [-0.05, 0) is 85.5 Å². The number of likely N-dealkylation sites (tertiary alicyclic amines) is 1. The van der Waals surface area contributed by atoms with Crippen LogP contribution in [0.3, 0.4) is 0 Å². The maximum absolute atomic E-state index is 14.0. The van der Waals surface area contributed by atoms with E-state index in [0.29, 0.717) is 13.1 Å². The Kier molecular flexibility index (Phi) is 12.6. The number of thioether (sulfide) groups is 1. The highest BCUT2D eigenvalue weighted by Crippen LogP contribution is 2.26. The lowest BCUT2D eigenvalue weighted by Gasteiger charge is -2.40. The SMILES string of the molecule is CSc1ccccc1CN1CCN(C(=O)[C@H](NC(=O)OCc2ccccc2)C2CCN(CCc3cc(Cl)ccc3Br)CC2)CC1. The molecule has 0 radical (unpaired) electrons. The number of carbonyl (C=O) groups is 2. The number of hydrogen-bond acceptors (Lipinski definition) is 6. The molecule has 0 bridgehead atoms. The summed E-state index contributed by atoms with van der Waals surface area (Å²) in [5.41, 5.74) is 3.42. The van der Waals surface area contributed by atoms with Gasteiger partial charge >= 0.3 is 6.09 Å². The number of alkyl carbamates (subject to hydrolysis) is 1. The fourth-order valence-electron chi connectivity index (χ4n) is 6.19. The molecule has 3 aromatic carbocycles. The Hall–Kier alpha value is -2.56. The Morgan fingerprint density at radius 3 is 2.38 bits per heavy atom. The summed E-state index contributed by atoms with van der Waals surface area (Å²) in [6.45, 7) is 6.59. The van der Waals surface area contributed by atoms with Gasteiger partial charge in [0.25, 0.3) is 0 Å². The zero-order valence-corrected chi connectivity index (χ0v) is 29.0. The zero-order valence-electron chi connectivity index (χ0n) is 25.8. The lowest BCUT2D eigenvalue weighted by Crippen LogP contribution is -2.58. The molecule has 2 amide bonds. The molecule has 2 saturated heterocycles. The first-order chi connectivity index (χ1) is 21.9. The molecule has 0 saturated carbocycles. The molecule has 2 aliphatic heterocycles. The molecular formula is C35H42BrClN4O3S. The summed E-state index contributed by atoms with van der Waals surface area (Å²) >= 11 is 11.6. The molecule has 0 aromatic heterocycles. The second-order valence-corrected chi connectivity index (χ2v) is 13.9. The number of nitrogens with one attached hydrogen (secondary N) is 1. The molecule has 1 atom stereocenters. The molecule has 0 unspecified atom stereocenters. The van der Waals surface area contributed by atoms with Crippen LogP contribution < -0.4 is 5.32 Å². The van der Waals surface area contributed by atoms with Crippen molar-refractivity contribution in [3.05, 3.63) is 99.0 Å². The number of benzene rings is 3. The van der Waals surface area contributed by atoms with E-state index in [4.69, 9.17) is 16.3 Å². The van der Waals surface area contributed by atoms with Crippen LogP contribution in [-0.4, -0.2) is 84.8 Å². The van der Waals surface area contributed by atoms with Crippen LogP contribution in [-0.2, 0) is 29.1 Å². The van der Waals surface area contributed by atoms with E-state index in [1.807, 2.05) is 53.4 Å². The minimum absolute atomic E-state index is 0.00265. The van der Waals surface area contributed by atoms with Crippen molar-refractivity contribution in [1.29, 1.82) is 0 Å². The maximum Gasteiger partial charge on any atom is 0.408 e. The van der Waals surface area contributed by atoms with Gasteiger partial charge < -0.3 is 19.9 Å². The second kappa shape index (κ2) is 16.8. The van der Waals surface area contributed by atoms with Crippen molar-refractivity contribution < 1.29 is 14.3 Å². The topological polar surface area (TPSA) is 65.1 Å². The van der Waals surface area contributed by atoms with E-state index in [0.717, 1.165) is 73.6 Å². The summed E-state index contributed by atoms with van der Waals surface area (Å²) in [6, 6.07) is 23.4. The summed E-state index contributed by atoms with van der Waals surface area (Å²) in [5, 5.41) is 3.74. The fourth-order valence-corrected chi connectivity index (χ4v) is 7.44. The van der Waals surface area contributed by atoms with Crippen molar-refractivity contribution in [2.45, 2.75) is 43.4 Å². The molecule has 2 fully saturated rings. The highest BCUT2D eigenvalue weighted by atomic mass is 79.9. The average molecular weight is 714 g/mol. The lowest BCUT2D eigenvalue weighted by molar-refractivity contribution is -0.137. The van der Waals surface area contributed by atoms with Crippen molar-refractivity contribution in [3.8, 4) is 0 Å². The third kappa shape index (κ3) is 9.72. The number of amides is 2. The first-order valence-electron chi connectivity index (χ1n) is 15.7. The predicted octanol–water partition coefficient (Wildman–Crippen LogP) is 6.72. The van der Waals surface area contributed by atoms with Gasteiger partial charge in [0.05, 0.1) is 0 Å². The first-order valence-corrected chi connectivity index (χ1v) is 18.1. The number of piperazine rings is 1. The van der Waals surface area contributed by atoms with Gasteiger partial charge in [0.2, 0.25) is 5.91 Å². The molecule has 1 N–H and O–H groups in total. The highest BCUT2D eigenvalue weighted by molar-refractivity contribution is 9.10. The quantitative estimate of drug-likeness (QED) is 0.223. The molecule has 3 aromatic rings. The van der Waals surface area contributed by atoms with E-state index in [2.05, 4.69) is 61.6 Å². The third-order valence-electron chi connectivity index (χ3n) is 8.83. The van der Waals surface area contributed by atoms with Gasteiger partial charge in [-0.3, -0.25) is 9.69 Å². The van der Waals surface area contributed by atoms with Crippen molar-refractivity contribution >= 4 is 51.3 Å². The summed E-state index contributed by atoms with van der Waals surface area (Å²) in [4.78, 5) is 35.1. The molecule has 2 aliphatic rings. The number of nitrogens with zero attached hydrogens (tertiary/aromatic N) is 3.